The Balaban J connectivity index is 0. The van der Waals surface area contributed by atoms with Crippen molar-refractivity contribution in [1.29, 1.82) is 0 Å². The monoisotopic (exact) mass is 208 g/mol. The maximum absolute atomic E-state index is 12.2. The van der Waals surface area contributed by atoms with Crippen LogP contribution in [0.25, 0.3) is 0 Å². The van der Waals surface area contributed by atoms with E-state index in [1.165, 1.54) is 0 Å². The molecule has 0 spiro atoms. The van der Waals surface area contributed by atoms with Crippen LogP contribution in [0.4, 0.5) is 22.0 Å². The largest absolute Gasteiger partial charge is 1.00 e. The normalized spacial score (nSPS) is 9.62. The first-order valence-electron chi connectivity index (χ1n) is 2.67. The van der Waals surface area contributed by atoms with Gasteiger partial charge >= 0.3 is 29.6 Å². The molecule has 0 aliphatic heterocycles. The average molecular weight is 208 g/mol. The molecule has 0 saturated carbocycles. The predicted octanol–water partition coefficient (Wildman–Crippen LogP) is -0.796. The van der Waals surface area contributed by atoms with E-state index in [-0.39, 0.29) is 31.0 Å². The second-order valence-corrected chi connectivity index (χ2v) is 1.92. The molecule has 68 valence electrons. The third kappa shape index (κ3) is 1.95. The summed E-state index contributed by atoms with van der Waals surface area (Å²) >= 11 is 0. The number of hydrogen-bond donors (Lipinski definition) is 1. The van der Waals surface area contributed by atoms with Gasteiger partial charge in [-0.3, -0.25) is 0 Å². The molecule has 0 unspecified atom stereocenters. The van der Waals surface area contributed by atoms with Crippen LogP contribution < -0.4 is 29.6 Å². The third-order valence-electron chi connectivity index (χ3n) is 1.19. The summed E-state index contributed by atoms with van der Waals surface area (Å²) in [7, 11) is 0. The Kier molecular flexibility index (Phi) is 4.15. The zero-order valence-corrected chi connectivity index (χ0v) is 8.34. The van der Waals surface area contributed by atoms with Gasteiger partial charge in [0.1, 0.15) is 0 Å². The van der Waals surface area contributed by atoms with Crippen LogP contribution >= 0.6 is 0 Å². The summed E-state index contributed by atoms with van der Waals surface area (Å²) in [6.45, 7) is 0. The molecule has 0 fully saturated rings. The Morgan fingerprint density at radius 3 is 1.23 bits per heavy atom. The van der Waals surface area contributed by atoms with Crippen LogP contribution in [0.3, 0.4) is 0 Å². The fourth-order valence-electron chi connectivity index (χ4n) is 0.593. The van der Waals surface area contributed by atoms with Gasteiger partial charge in [-0.05, 0) is 0 Å². The minimum absolute atomic E-state index is 0. The Morgan fingerprint density at radius 1 is 0.692 bits per heavy atom. The first kappa shape index (κ1) is 12.7. The van der Waals surface area contributed by atoms with Crippen LogP contribution in [0.2, 0.25) is 0 Å². The van der Waals surface area contributed by atoms with Gasteiger partial charge in [-0.2, -0.15) is 8.78 Å². The van der Waals surface area contributed by atoms with Gasteiger partial charge in [0.25, 0.3) is 0 Å². The van der Waals surface area contributed by atoms with Gasteiger partial charge in [-0.1, -0.05) is 0 Å². The van der Waals surface area contributed by atoms with E-state index >= 15 is 0 Å². The topological polar surface area (TPSA) is 20.2 Å². The molecule has 0 aromatic heterocycles. The van der Waals surface area contributed by atoms with Gasteiger partial charge in [0, 0.05) is 0 Å². The number of aromatic hydroxyl groups is 1. The van der Waals surface area contributed by atoms with Crippen molar-refractivity contribution in [1.82, 2.24) is 0 Å². The van der Waals surface area contributed by atoms with Crippen LogP contribution in [-0.2, 0) is 0 Å². The fraction of sp³-hybridized carbons (Fsp3) is 0. The summed E-state index contributed by atoms with van der Waals surface area (Å²) in [6.07, 6.45) is 0. The Labute approximate surface area is 93.0 Å². The standard InChI is InChI=1S/C6HF5O.Na.H/c7-1-2(8)4(10)6(12)5(11)3(1)9;;/h12H;;/q;+1;-1. The van der Waals surface area contributed by atoms with Crippen LogP contribution in [0.15, 0.2) is 0 Å². The molecule has 0 bridgehead atoms. The van der Waals surface area contributed by atoms with Crippen molar-refractivity contribution in [2.75, 3.05) is 0 Å². The number of benzene rings is 1. The van der Waals surface area contributed by atoms with E-state index in [9.17, 15) is 22.0 Å². The van der Waals surface area contributed by atoms with Crippen molar-refractivity contribution in [2.24, 2.45) is 0 Å². The maximum Gasteiger partial charge on any atom is 1.00 e. The van der Waals surface area contributed by atoms with Crippen molar-refractivity contribution in [3.05, 3.63) is 29.1 Å². The second kappa shape index (κ2) is 4.26. The number of phenols is 1. The number of halogens is 5. The second-order valence-electron chi connectivity index (χ2n) is 1.92. The number of rotatable bonds is 0. The zero-order chi connectivity index (χ0) is 9.46. The molecule has 0 atom stereocenters. The van der Waals surface area contributed by atoms with Crippen LogP contribution in [0, 0.1) is 29.1 Å². The number of phenolic OH excluding ortho intramolecular Hbond substituents is 1. The number of hydrogen-bond acceptors (Lipinski definition) is 1. The molecular weight excluding hydrogens is 206 g/mol. The Morgan fingerprint density at radius 2 is 0.923 bits per heavy atom. The molecular formula is C6H2F5NaO. The molecule has 0 heterocycles. The van der Waals surface area contributed by atoms with Crippen LogP contribution in [-0.4, -0.2) is 5.11 Å². The first-order chi connectivity index (χ1) is 5.46. The molecule has 1 aromatic rings. The summed E-state index contributed by atoms with van der Waals surface area (Å²) in [5, 5.41) is 8.30. The zero-order valence-electron chi connectivity index (χ0n) is 7.34. The van der Waals surface area contributed by atoms with Gasteiger partial charge in [-0.25, -0.2) is 13.2 Å². The van der Waals surface area contributed by atoms with Gasteiger partial charge in [0.15, 0.2) is 5.75 Å². The summed E-state index contributed by atoms with van der Waals surface area (Å²) in [5.41, 5.74) is 0. The van der Waals surface area contributed by atoms with Gasteiger partial charge < -0.3 is 6.53 Å². The van der Waals surface area contributed by atoms with Crippen molar-refractivity contribution < 1.29 is 58.0 Å². The average Bonchev–Trinajstić information content (AvgIpc) is 2.08. The van der Waals surface area contributed by atoms with Crippen molar-refractivity contribution in [2.45, 2.75) is 0 Å². The molecule has 1 N–H and O–H groups in total. The quantitative estimate of drug-likeness (QED) is 0.256. The summed E-state index contributed by atoms with van der Waals surface area (Å²) in [6, 6.07) is 0. The Bertz CT molecular complexity index is 240. The van der Waals surface area contributed by atoms with Gasteiger partial charge in [-0.15, -0.1) is 0 Å². The van der Waals surface area contributed by atoms with E-state index in [4.69, 9.17) is 5.11 Å². The van der Waals surface area contributed by atoms with E-state index in [2.05, 4.69) is 0 Å². The molecule has 7 heteroatoms. The summed E-state index contributed by atoms with van der Waals surface area (Å²) in [4.78, 5) is 0. The van der Waals surface area contributed by atoms with Crippen LogP contribution in [0.1, 0.15) is 1.43 Å². The predicted molar refractivity (Wildman–Crippen MR) is 29.0 cm³/mol. The first-order valence-corrected chi connectivity index (χ1v) is 2.67. The van der Waals surface area contributed by atoms with Crippen LogP contribution in [0.5, 0.6) is 5.75 Å². The summed E-state index contributed by atoms with van der Waals surface area (Å²) in [5.74, 6) is -12.9. The van der Waals surface area contributed by atoms with E-state index in [1.54, 1.807) is 0 Å². The van der Waals surface area contributed by atoms with Gasteiger partial charge in [0.05, 0.1) is 0 Å². The molecule has 1 nitrogen and oxygen atoms in total. The van der Waals surface area contributed by atoms with E-state index in [0.29, 0.717) is 0 Å². The van der Waals surface area contributed by atoms with E-state index < -0.39 is 34.8 Å². The molecule has 13 heavy (non-hydrogen) atoms. The SMILES string of the molecule is Oc1c(F)c(F)c(F)c(F)c1F.[H-].[Na+]. The fourth-order valence-corrected chi connectivity index (χ4v) is 0.593. The van der Waals surface area contributed by atoms with E-state index in [0.717, 1.165) is 0 Å². The molecule has 0 aliphatic rings. The van der Waals surface area contributed by atoms with Crippen molar-refractivity contribution >= 4 is 0 Å². The maximum atomic E-state index is 12.2. The molecule has 0 aliphatic carbocycles. The smallest absolute Gasteiger partial charge is 1.00 e. The third-order valence-corrected chi connectivity index (χ3v) is 1.19. The molecule has 0 saturated heterocycles. The minimum Gasteiger partial charge on any atom is -1.00 e. The molecule has 0 radical (unpaired) electrons. The minimum atomic E-state index is -2.29. The van der Waals surface area contributed by atoms with Gasteiger partial charge in [0.2, 0.25) is 29.1 Å². The molecule has 1 rings (SSSR count). The van der Waals surface area contributed by atoms with Crippen molar-refractivity contribution in [3.63, 3.8) is 0 Å². The van der Waals surface area contributed by atoms with Crippen molar-refractivity contribution in [3.8, 4) is 5.75 Å². The van der Waals surface area contributed by atoms with E-state index in [1.807, 2.05) is 0 Å². The molecule has 0 amide bonds. The molecule has 1 aromatic carbocycles. The summed E-state index contributed by atoms with van der Waals surface area (Å²) < 4.78 is 60.6. The Hall–Kier alpha value is -0.330.